The Kier molecular flexibility index (Phi) is 5.72. The van der Waals surface area contributed by atoms with Gasteiger partial charge in [-0.2, -0.15) is 0 Å². The van der Waals surface area contributed by atoms with Crippen molar-refractivity contribution < 1.29 is 9.53 Å². The van der Waals surface area contributed by atoms with Gasteiger partial charge in [0, 0.05) is 24.0 Å². The van der Waals surface area contributed by atoms with Crippen LogP contribution in [0.2, 0.25) is 0 Å². The van der Waals surface area contributed by atoms with E-state index in [1.807, 2.05) is 29.2 Å². The minimum atomic E-state index is 0.185. The molecule has 0 bridgehead atoms. The van der Waals surface area contributed by atoms with Gasteiger partial charge in [0.1, 0.15) is 5.75 Å². The summed E-state index contributed by atoms with van der Waals surface area (Å²) < 4.78 is 5.32. The van der Waals surface area contributed by atoms with Gasteiger partial charge in [-0.1, -0.05) is 18.2 Å². The summed E-state index contributed by atoms with van der Waals surface area (Å²) in [6.07, 6.45) is 4.66. The fourth-order valence-corrected chi connectivity index (χ4v) is 3.12. The summed E-state index contributed by atoms with van der Waals surface area (Å²) in [5.74, 6) is 1.58. The quantitative estimate of drug-likeness (QED) is 0.781. The van der Waals surface area contributed by atoms with Crippen LogP contribution in [0.15, 0.2) is 24.3 Å². The maximum atomic E-state index is 12.5. The van der Waals surface area contributed by atoms with Crippen molar-refractivity contribution >= 4 is 17.5 Å². The van der Waals surface area contributed by atoms with Crippen LogP contribution in [0.1, 0.15) is 31.2 Å². The van der Waals surface area contributed by atoms with Gasteiger partial charge in [-0.05, 0) is 31.7 Å². The zero-order valence-corrected chi connectivity index (χ0v) is 12.7. The van der Waals surface area contributed by atoms with Gasteiger partial charge in [0.15, 0.2) is 0 Å². The molecule has 4 heteroatoms. The first-order chi connectivity index (χ1) is 9.76. The normalized spacial score (nSPS) is 18.9. The van der Waals surface area contributed by atoms with Gasteiger partial charge in [-0.3, -0.25) is 4.79 Å². The lowest BCUT2D eigenvalue weighted by atomic mass is 9.98. The Morgan fingerprint density at radius 1 is 1.40 bits per heavy atom. The number of methoxy groups -OCH3 is 1. The van der Waals surface area contributed by atoms with Crippen LogP contribution in [0.5, 0.6) is 5.75 Å². The van der Waals surface area contributed by atoms with Crippen molar-refractivity contribution in [2.24, 2.45) is 0 Å². The highest BCUT2D eigenvalue weighted by molar-refractivity contribution is 6.17. The van der Waals surface area contributed by atoms with E-state index in [0.717, 1.165) is 37.1 Å². The molecule has 1 aliphatic heterocycles. The highest BCUT2D eigenvalue weighted by Gasteiger charge is 2.26. The molecule has 0 saturated carbocycles. The molecule has 110 valence electrons. The standard InChI is InChI=1S/C16H22ClNO2/c1-20-15-8-3-2-6-13(15)12-16(19)18-11-5-4-7-14(18)9-10-17/h2-3,6,8,14H,4-5,7,9-12H2,1H3. The van der Waals surface area contributed by atoms with Crippen molar-refractivity contribution in [1.82, 2.24) is 4.90 Å². The number of carbonyl (C=O) groups is 1. The fourth-order valence-electron chi connectivity index (χ4n) is 2.87. The third-order valence-electron chi connectivity index (χ3n) is 3.92. The van der Waals surface area contributed by atoms with Crippen molar-refractivity contribution in [3.05, 3.63) is 29.8 Å². The van der Waals surface area contributed by atoms with Crippen molar-refractivity contribution in [2.45, 2.75) is 38.1 Å². The van der Waals surface area contributed by atoms with Crippen LogP contribution < -0.4 is 4.74 Å². The molecule has 0 aliphatic carbocycles. The second-order valence-electron chi connectivity index (χ2n) is 5.20. The molecule has 1 heterocycles. The number of alkyl halides is 1. The van der Waals surface area contributed by atoms with Gasteiger partial charge in [0.25, 0.3) is 0 Å². The average molecular weight is 296 g/mol. The topological polar surface area (TPSA) is 29.5 Å². The lowest BCUT2D eigenvalue weighted by Gasteiger charge is -2.35. The second kappa shape index (κ2) is 7.53. The van der Waals surface area contributed by atoms with Crippen LogP contribution in [0, 0.1) is 0 Å². The summed E-state index contributed by atoms with van der Waals surface area (Å²) in [7, 11) is 1.64. The first-order valence-electron chi connectivity index (χ1n) is 7.23. The van der Waals surface area contributed by atoms with E-state index in [9.17, 15) is 4.79 Å². The van der Waals surface area contributed by atoms with Crippen molar-refractivity contribution in [1.29, 1.82) is 0 Å². The highest BCUT2D eigenvalue weighted by atomic mass is 35.5. The van der Waals surface area contributed by atoms with Gasteiger partial charge < -0.3 is 9.64 Å². The van der Waals surface area contributed by atoms with E-state index in [2.05, 4.69) is 0 Å². The molecule has 1 aromatic rings. The molecule has 1 fully saturated rings. The minimum Gasteiger partial charge on any atom is -0.496 e. The van der Waals surface area contributed by atoms with Crippen molar-refractivity contribution in [2.75, 3.05) is 19.5 Å². The molecule has 1 aliphatic rings. The largest absolute Gasteiger partial charge is 0.496 e. The zero-order chi connectivity index (χ0) is 14.4. The van der Waals surface area contributed by atoms with Crippen LogP contribution in [-0.2, 0) is 11.2 Å². The number of halogens is 1. The smallest absolute Gasteiger partial charge is 0.227 e. The van der Waals surface area contributed by atoms with Gasteiger partial charge >= 0.3 is 0 Å². The second-order valence-corrected chi connectivity index (χ2v) is 5.58. The minimum absolute atomic E-state index is 0.185. The number of ether oxygens (including phenoxy) is 1. The van der Waals surface area contributed by atoms with Gasteiger partial charge in [0.05, 0.1) is 13.5 Å². The first-order valence-corrected chi connectivity index (χ1v) is 7.77. The number of carbonyl (C=O) groups excluding carboxylic acids is 1. The van der Waals surface area contributed by atoms with Crippen LogP contribution in [0.4, 0.5) is 0 Å². The first kappa shape index (κ1) is 15.2. The predicted molar refractivity (Wildman–Crippen MR) is 81.4 cm³/mol. The van der Waals surface area contributed by atoms with Crippen LogP contribution in [-0.4, -0.2) is 36.4 Å². The van der Waals surface area contributed by atoms with E-state index in [1.165, 1.54) is 6.42 Å². The summed E-state index contributed by atoms with van der Waals surface area (Å²) in [5, 5.41) is 0. The Morgan fingerprint density at radius 3 is 2.95 bits per heavy atom. The van der Waals surface area contributed by atoms with Gasteiger partial charge in [-0.25, -0.2) is 0 Å². The molecule has 1 saturated heterocycles. The highest BCUT2D eigenvalue weighted by Crippen LogP contribution is 2.23. The van der Waals surface area contributed by atoms with Gasteiger partial charge in [0.2, 0.25) is 5.91 Å². The number of likely N-dealkylation sites (tertiary alicyclic amines) is 1. The number of piperidine rings is 1. The molecule has 3 nitrogen and oxygen atoms in total. The average Bonchev–Trinajstić information content (AvgIpc) is 2.48. The molecule has 2 rings (SSSR count). The SMILES string of the molecule is COc1ccccc1CC(=O)N1CCCCC1CCCl. The molecule has 1 aromatic carbocycles. The molecule has 0 radical (unpaired) electrons. The number of rotatable bonds is 5. The number of hydrogen-bond donors (Lipinski definition) is 0. The molecule has 0 spiro atoms. The molecular weight excluding hydrogens is 274 g/mol. The van der Waals surface area contributed by atoms with Crippen LogP contribution in [0.25, 0.3) is 0 Å². The van der Waals surface area contributed by atoms with Crippen LogP contribution in [0.3, 0.4) is 0 Å². The van der Waals surface area contributed by atoms with E-state index in [4.69, 9.17) is 16.3 Å². The summed E-state index contributed by atoms with van der Waals surface area (Å²) in [6, 6.07) is 8.02. The summed E-state index contributed by atoms with van der Waals surface area (Å²) in [5.41, 5.74) is 0.954. The summed E-state index contributed by atoms with van der Waals surface area (Å²) in [6.45, 7) is 0.857. The van der Waals surface area contributed by atoms with Crippen LogP contribution >= 0.6 is 11.6 Å². The Bertz CT molecular complexity index is 448. The Morgan fingerprint density at radius 2 is 2.20 bits per heavy atom. The maximum absolute atomic E-state index is 12.5. The van der Waals surface area contributed by atoms with E-state index in [-0.39, 0.29) is 5.91 Å². The third kappa shape index (κ3) is 3.66. The predicted octanol–water partition coefficient (Wildman–Crippen LogP) is 3.25. The summed E-state index contributed by atoms with van der Waals surface area (Å²) >= 11 is 5.85. The van der Waals surface area contributed by atoms with E-state index < -0.39 is 0 Å². The lowest BCUT2D eigenvalue weighted by molar-refractivity contribution is -0.134. The van der Waals surface area contributed by atoms with E-state index in [0.29, 0.717) is 18.3 Å². The molecule has 1 atom stereocenters. The lowest BCUT2D eigenvalue weighted by Crippen LogP contribution is -2.44. The summed E-state index contributed by atoms with van der Waals surface area (Å²) in [4.78, 5) is 14.6. The number of benzene rings is 1. The number of para-hydroxylation sites is 1. The van der Waals surface area contributed by atoms with E-state index >= 15 is 0 Å². The molecule has 1 unspecified atom stereocenters. The number of hydrogen-bond acceptors (Lipinski definition) is 2. The molecule has 1 amide bonds. The Balaban J connectivity index is 2.06. The zero-order valence-electron chi connectivity index (χ0n) is 12.0. The fraction of sp³-hybridized carbons (Fsp3) is 0.562. The molecule has 0 aromatic heterocycles. The number of nitrogens with zero attached hydrogens (tertiary/aromatic N) is 1. The molecular formula is C16H22ClNO2. The Hall–Kier alpha value is -1.22. The molecule has 20 heavy (non-hydrogen) atoms. The third-order valence-corrected chi connectivity index (χ3v) is 4.14. The Labute approximate surface area is 125 Å². The van der Waals surface area contributed by atoms with Crippen molar-refractivity contribution in [3.8, 4) is 5.75 Å². The van der Waals surface area contributed by atoms with E-state index in [1.54, 1.807) is 7.11 Å². The monoisotopic (exact) mass is 295 g/mol. The van der Waals surface area contributed by atoms with Gasteiger partial charge in [-0.15, -0.1) is 11.6 Å². The maximum Gasteiger partial charge on any atom is 0.227 e. The van der Waals surface area contributed by atoms with Crippen molar-refractivity contribution in [3.63, 3.8) is 0 Å². The number of amides is 1. The molecule has 0 N–H and O–H groups in total.